The van der Waals surface area contributed by atoms with Crippen LogP contribution in [0.2, 0.25) is 0 Å². The lowest BCUT2D eigenvalue weighted by atomic mass is 9.89. The van der Waals surface area contributed by atoms with E-state index >= 15 is 0 Å². The van der Waals surface area contributed by atoms with E-state index in [1.165, 1.54) is 6.07 Å². The fourth-order valence-electron chi connectivity index (χ4n) is 3.08. The summed E-state index contributed by atoms with van der Waals surface area (Å²) in [4.78, 5) is 10.8. The van der Waals surface area contributed by atoms with E-state index in [0.29, 0.717) is 17.4 Å². The van der Waals surface area contributed by atoms with Gasteiger partial charge in [0.15, 0.2) is 0 Å². The van der Waals surface area contributed by atoms with Crippen LogP contribution >= 0.6 is 0 Å². The van der Waals surface area contributed by atoms with Crippen molar-refractivity contribution in [3.63, 3.8) is 0 Å². The van der Waals surface area contributed by atoms with Gasteiger partial charge in [0.2, 0.25) is 0 Å². The van der Waals surface area contributed by atoms with E-state index in [9.17, 15) is 15.0 Å². The molecule has 0 radical (unpaired) electrons. The molecule has 5 nitrogen and oxygen atoms in total. The largest absolute Gasteiger partial charge is 0.507 e. The molecule has 2 atom stereocenters. The van der Waals surface area contributed by atoms with Crippen molar-refractivity contribution in [2.24, 2.45) is 0 Å². The van der Waals surface area contributed by atoms with E-state index < -0.39 is 18.2 Å². The molecule has 1 heterocycles. The van der Waals surface area contributed by atoms with E-state index in [2.05, 4.69) is 0 Å². The summed E-state index contributed by atoms with van der Waals surface area (Å²) in [5.41, 5.74) is 1.50. The molecule has 0 spiro atoms. The Bertz CT molecular complexity index is 722. The summed E-state index contributed by atoms with van der Waals surface area (Å²) in [6.45, 7) is 1.78. The second-order valence-corrected chi connectivity index (χ2v) is 5.38. The Hall–Kier alpha value is -2.27. The highest BCUT2D eigenvalue weighted by Gasteiger charge is 2.30. The molecule has 2 aromatic carbocycles. The summed E-state index contributed by atoms with van der Waals surface area (Å²) in [5, 5.41) is 30.4. The lowest BCUT2D eigenvalue weighted by Crippen LogP contribution is -2.27. The number of ether oxygens (including phenoxy) is 1. The van der Waals surface area contributed by atoms with Gasteiger partial charge in [-0.15, -0.1) is 0 Å². The zero-order chi connectivity index (χ0) is 15.1. The molecule has 0 fully saturated rings. The number of aromatic hydroxyl groups is 2. The fourth-order valence-corrected chi connectivity index (χ4v) is 3.08. The van der Waals surface area contributed by atoms with Crippen molar-refractivity contribution in [1.82, 2.24) is 0 Å². The zero-order valence-corrected chi connectivity index (χ0v) is 11.5. The minimum atomic E-state index is -0.904. The molecule has 1 aliphatic heterocycles. The van der Waals surface area contributed by atoms with E-state index in [0.717, 1.165) is 10.9 Å². The Morgan fingerprint density at radius 1 is 1.38 bits per heavy atom. The van der Waals surface area contributed by atoms with Gasteiger partial charge >= 0.3 is 5.97 Å². The van der Waals surface area contributed by atoms with Crippen LogP contribution in [0.1, 0.15) is 30.6 Å². The first-order valence-corrected chi connectivity index (χ1v) is 6.81. The van der Waals surface area contributed by atoms with Crippen molar-refractivity contribution < 1.29 is 24.9 Å². The highest BCUT2D eigenvalue weighted by atomic mass is 16.5. The van der Waals surface area contributed by atoms with E-state index in [-0.39, 0.29) is 17.9 Å². The van der Waals surface area contributed by atoms with Crippen molar-refractivity contribution >= 4 is 16.7 Å². The first-order valence-electron chi connectivity index (χ1n) is 6.81. The van der Waals surface area contributed by atoms with Crippen LogP contribution in [-0.2, 0) is 16.0 Å². The fraction of sp³-hybridized carbons (Fsp3) is 0.312. The van der Waals surface area contributed by atoms with Crippen LogP contribution in [0.3, 0.4) is 0 Å². The molecule has 0 amide bonds. The monoisotopic (exact) mass is 288 g/mol. The normalized spacial score (nSPS) is 21.2. The predicted molar refractivity (Wildman–Crippen MR) is 76.5 cm³/mol. The van der Waals surface area contributed by atoms with Gasteiger partial charge in [-0.25, -0.2) is 0 Å². The number of phenols is 2. The molecule has 0 aromatic heterocycles. The van der Waals surface area contributed by atoms with Gasteiger partial charge < -0.3 is 20.1 Å². The second-order valence-electron chi connectivity index (χ2n) is 5.38. The summed E-state index contributed by atoms with van der Waals surface area (Å²) in [6.07, 6.45) is -0.449. The third-order valence-electron chi connectivity index (χ3n) is 3.90. The number of benzene rings is 2. The summed E-state index contributed by atoms with van der Waals surface area (Å²) in [5.74, 6) is -0.868. The summed E-state index contributed by atoms with van der Waals surface area (Å²) < 4.78 is 5.67. The molecule has 0 unspecified atom stereocenters. The smallest absolute Gasteiger partial charge is 0.305 e. The van der Waals surface area contributed by atoms with E-state index in [4.69, 9.17) is 9.84 Å². The topological polar surface area (TPSA) is 87.0 Å². The van der Waals surface area contributed by atoms with Crippen LogP contribution in [0.4, 0.5) is 0 Å². The van der Waals surface area contributed by atoms with Crippen molar-refractivity contribution in [2.45, 2.75) is 32.0 Å². The molecule has 0 saturated heterocycles. The summed E-state index contributed by atoms with van der Waals surface area (Å²) in [6, 6.07) is 6.93. The predicted octanol–water partition coefficient (Wildman–Crippen LogP) is 2.73. The number of carbonyl (C=O) groups is 1. The van der Waals surface area contributed by atoms with Crippen molar-refractivity contribution in [1.29, 1.82) is 0 Å². The van der Waals surface area contributed by atoms with Gasteiger partial charge in [-0.1, -0.05) is 18.2 Å². The Morgan fingerprint density at radius 2 is 2.14 bits per heavy atom. The molecule has 1 aliphatic rings. The number of rotatable bonds is 2. The average Bonchev–Trinajstić information content (AvgIpc) is 2.36. The number of carboxylic acids is 1. The Balaban J connectivity index is 2.14. The first-order chi connectivity index (χ1) is 9.97. The van der Waals surface area contributed by atoms with E-state index in [1.54, 1.807) is 19.1 Å². The lowest BCUT2D eigenvalue weighted by molar-refractivity contribution is -0.141. The molecule has 3 N–H and O–H groups in total. The molecule has 0 saturated carbocycles. The quantitative estimate of drug-likeness (QED) is 0.791. The number of carboxylic acid groups (broad SMARTS) is 1. The number of hydrogen-bond donors (Lipinski definition) is 3. The third-order valence-corrected chi connectivity index (χ3v) is 3.90. The standard InChI is InChI=1S/C16H16O5/c1-8-14-10(6-11(21-8)7-13(18)19)5-9-3-2-4-12(17)15(9)16(14)20/h2-5,8,11,17,20H,6-7H2,1H3,(H,18,19)/t8-,11-/m0/s1. The first kappa shape index (κ1) is 13.7. The summed E-state index contributed by atoms with van der Waals surface area (Å²) >= 11 is 0. The van der Waals surface area contributed by atoms with Gasteiger partial charge in [-0.3, -0.25) is 4.79 Å². The van der Waals surface area contributed by atoms with Crippen LogP contribution in [0.25, 0.3) is 10.8 Å². The van der Waals surface area contributed by atoms with Crippen LogP contribution in [0.5, 0.6) is 11.5 Å². The Morgan fingerprint density at radius 3 is 2.86 bits per heavy atom. The van der Waals surface area contributed by atoms with Crippen molar-refractivity contribution in [3.8, 4) is 11.5 Å². The van der Waals surface area contributed by atoms with Crippen LogP contribution in [-0.4, -0.2) is 27.4 Å². The molecule has 21 heavy (non-hydrogen) atoms. The van der Waals surface area contributed by atoms with Gasteiger partial charge in [0.05, 0.1) is 24.0 Å². The molecule has 110 valence electrons. The molecular formula is C16H16O5. The Kier molecular flexibility index (Phi) is 3.22. The SMILES string of the molecule is C[C@@H]1O[C@H](CC(=O)O)Cc2cc3cccc(O)c3c(O)c21. The second kappa shape index (κ2) is 4.93. The maximum atomic E-state index is 10.8. The van der Waals surface area contributed by atoms with Gasteiger partial charge in [0.25, 0.3) is 0 Å². The third kappa shape index (κ3) is 2.29. The maximum Gasteiger partial charge on any atom is 0.305 e. The average molecular weight is 288 g/mol. The highest BCUT2D eigenvalue weighted by Crippen LogP contribution is 2.44. The van der Waals surface area contributed by atoms with Gasteiger partial charge in [0, 0.05) is 5.56 Å². The molecule has 0 bridgehead atoms. The lowest BCUT2D eigenvalue weighted by Gasteiger charge is -2.30. The van der Waals surface area contributed by atoms with E-state index in [1.807, 2.05) is 6.07 Å². The maximum absolute atomic E-state index is 10.8. The van der Waals surface area contributed by atoms with Crippen molar-refractivity contribution in [3.05, 3.63) is 35.4 Å². The number of fused-ring (bicyclic) bond motifs is 2. The van der Waals surface area contributed by atoms with Crippen LogP contribution < -0.4 is 0 Å². The molecule has 0 aliphatic carbocycles. The number of aliphatic carboxylic acids is 1. The van der Waals surface area contributed by atoms with Crippen molar-refractivity contribution in [2.75, 3.05) is 0 Å². The Labute approximate surface area is 121 Å². The number of phenolic OH excluding ortho intramolecular Hbond substituents is 2. The number of hydrogen-bond acceptors (Lipinski definition) is 4. The van der Waals surface area contributed by atoms with Crippen LogP contribution in [0.15, 0.2) is 24.3 Å². The molecule has 3 rings (SSSR count). The summed E-state index contributed by atoms with van der Waals surface area (Å²) in [7, 11) is 0. The highest BCUT2D eigenvalue weighted by molar-refractivity contribution is 5.95. The van der Waals surface area contributed by atoms with Gasteiger partial charge in [0.1, 0.15) is 11.5 Å². The minimum absolute atomic E-state index is 0.0156. The molecular weight excluding hydrogens is 272 g/mol. The van der Waals surface area contributed by atoms with Gasteiger partial charge in [-0.05, 0) is 30.4 Å². The molecule has 2 aromatic rings. The van der Waals surface area contributed by atoms with Crippen LogP contribution in [0, 0.1) is 0 Å². The molecule has 5 heteroatoms. The minimum Gasteiger partial charge on any atom is -0.507 e. The zero-order valence-electron chi connectivity index (χ0n) is 11.5. The van der Waals surface area contributed by atoms with Gasteiger partial charge in [-0.2, -0.15) is 0 Å².